The topological polar surface area (TPSA) is 95.1 Å². The Kier molecular flexibility index (Phi) is 4.74. The number of aromatic nitrogens is 2. The first-order chi connectivity index (χ1) is 9.99. The van der Waals surface area contributed by atoms with Crippen LogP contribution in [0.1, 0.15) is 30.6 Å². The fourth-order valence-corrected chi connectivity index (χ4v) is 2.66. The van der Waals surface area contributed by atoms with Crippen molar-refractivity contribution < 1.29 is 14.7 Å². The van der Waals surface area contributed by atoms with E-state index in [0.717, 1.165) is 5.56 Å². The van der Waals surface area contributed by atoms with Crippen molar-refractivity contribution in [2.24, 2.45) is 5.92 Å². The number of rotatable bonds is 6. The van der Waals surface area contributed by atoms with Gasteiger partial charge in [0.25, 0.3) is 5.91 Å². The average Bonchev–Trinajstić information content (AvgIpc) is 3.07. The van der Waals surface area contributed by atoms with Crippen LogP contribution in [0.5, 0.6) is 0 Å². The second kappa shape index (κ2) is 6.53. The van der Waals surface area contributed by atoms with Gasteiger partial charge in [-0.2, -0.15) is 16.4 Å². The molecule has 0 fully saturated rings. The van der Waals surface area contributed by atoms with Crippen molar-refractivity contribution >= 4 is 23.2 Å². The van der Waals surface area contributed by atoms with Crippen molar-refractivity contribution in [1.82, 2.24) is 15.5 Å². The monoisotopic (exact) mass is 307 g/mol. The third-order valence-corrected chi connectivity index (χ3v) is 3.69. The van der Waals surface area contributed by atoms with E-state index in [2.05, 4.69) is 15.5 Å². The molecule has 2 aromatic heterocycles. The molecule has 2 aromatic rings. The molecular formula is C14H17N3O3S. The molecule has 1 atom stereocenters. The van der Waals surface area contributed by atoms with E-state index in [1.165, 1.54) is 17.5 Å². The minimum absolute atomic E-state index is 0.173. The van der Waals surface area contributed by atoms with E-state index in [-0.39, 0.29) is 5.92 Å². The zero-order chi connectivity index (χ0) is 15.4. The van der Waals surface area contributed by atoms with Crippen molar-refractivity contribution in [2.45, 2.75) is 26.3 Å². The van der Waals surface area contributed by atoms with Gasteiger partial charge in [0, 0.05) is 10.9 Å². The van der Waals surface area contributed by atoms with Gasteiger partial charge in [0.2, 0.25) is 0 Å². The number of carbonyl (C=O) groups is 2. The lowest BCUT2D eigenvalue weighted by molar-refractivity contribution is -0.139. The maximum absolute atomic E-state index is 12.3. The molecule has 0 aliphatic carbocycles. The fourth-order valence-electron chi connectivity index (χ4n) is 2.01. The fraction of sp³-hybridized carbons (Fsp3) is 0.357. The lowest BCUT2D eigenvalue weighted by Gasteiger charge is -2.16. The summed E-state index contributed by atoms with van der Waals surface area (Å²) in [7, 11) is 0. The van der Waals surface area contributed by atoms with E-state index in [0.29, 0.717) is 17.7 Å². The molecule has 0 saturated carbocycles. The number of H-pyrrole nitrogens is 1. The van der Waals surface area contributed by atoms with Crippen LogP contribution in [0.15, 0.2) is 23.0 Å². The van der Waals surface area contributed by atoms with Gasteiger partial charge in [0.05, 0.1) is 17.5 Å². The number of aromatic amines is 1. The highest BCUT2D eigenvalue weighted by atomic mass is 32.1. The maximum Gasteiger partial charge on any atom is 0.326 e. The van der Waals surface area contributed by atoms with Gasteiger partial charge in [-0.05, 0) is 23.8 Å². The number of carboxylic acids is 1. The van der Waals surface area contributed by atoms with Gasteiger partial charge in [0.1, 0.15) is 6.04 Å². The molecule has 2 rings (SSSR count). The number of nitrogens with zero attached hydrogens (tertiary/aromatic N) is 1. The molecule has 0 aliphatic rings. The normalized spacial score (nSPS) is 12.3. The Morgan fingerprint density at radius 2 is 2.24 bits per heavy atom. The van der Waals surface area contributed by atoms with E-state index < -0.39 is 17.9 Å². The highest BCUT2D eigenvalue weighted by molar-refractivity contribution is 7.08. The lowest BCUT2D eigenvalue weighted by Crippen LogP contribution is -2.41. The number of hydrogen-bond acceptors (Lipinski definition) is 4. The molecule has 0 unspecified atom stereocenters. The van der Waals surface area contributed by atoms with Crippen LogP contribution in [-0.4, -0.2) is 33.2 Å². The SMILES string of the molecule is CC(C)C[C@@H](NC(=O)c1cn[nH]c1-c1ccsc1)C(=O)O. The van der Waals surface area contributed by atoms with Crippen molar-refractivity contribution in [1.29, 1.82) is 0 Å². The molecule has 1 amide bonds. The van der Waals surface area contributed by atoms with Gasteiger partial charge in [-0.3, -0.25) is 9.89 Å². The summed E-state index contributed by atoms with van der Waals surface area (Å²) in [6.07, 6.45) is 1.79. The third-order valence-electron chi connectivity index (χ3n) is 3.00. The molecule has 2 heterocycles. The number of carboxylic acid groups (broad SMARTS) is 1. The molecule has 112 valence electrons. The molecule has 0 spiro atoms. The van der Waals surface area contributed by atoms with E-state index in [1.807, 2.05) is 30.7 Å². The number of amides is 1. The second-order valence-electron chi connectivity index (χ2n) is 5.16. The summed E-state index contributed by atoms with van der Waals surface area (Å²) in [5.74, 6) is -1.29. The summed E-state index contributed by atoms with van der Waals surface area (Å²) in [5.41, 5.74) is 1.81. The highest BCUT2D eigenvalue weighted by Crippen LogP contribution is 2.23. The lowest BCUT2D eigenvalue weighted by atomic mass is 10.0. The zero-order valence-electron chi connectivity index (χ0n) is 11.8. The van der Waals surface area contributed by atoms with Crippen LogP contribution in [0.3, 0.4) is 0 Å². The van der Waals surface area contributed by atoms with Crippen molar-refractivity contribution in [3.8, 4) is 11.3 Å². The highest BCUT2D eigenvalue weighted by Gasteiger charge is 2.24. The second-order valence-corrected chi connectivity index (χ2v) is 5.94. The van der Waals surface area contributed by atoms with E-state index in [4.69, 9.17) is 0 Å². The predicted molar refractivity (Wildman–Crippen MR) is 80.2 cm³/mol. The van der Waals surface area contributed by atoms with E-state index in [1.54, 1.807) is 0 Å². The molecule has 0 radical (unpaired) electrons. The molecule has 0 aliphatic heterocycles. The Bertz CT molecular complexity index is 619. The summed E-state index contributed by atoms with van der Waals surface area (Å²) in [6, 6.07) is 0.973. The number of carbonyl (C=O) groups excluding carboxylic acids is 1. The summed E-state index contributed by atoms with van der Waals surface area (Å²) < 4.78 is 0. The quantitative estimate of drug-likeness (QED) is 0.763. The van der Waals surface area contributed by atoms with Crippen LogP contribution in [0.2, 0.25) is 0 Å². The first-order valence-corrected chi connectivity index (χ1v) is 7.53. The predicted octanol–water partition coefficient (Wildman–Crippen LogP) is 2.37. The van der Waals surface area contributed by atoms with Gasteiger partial charge in [-0.25, -0.2) is 4.79 Å². The molecule has 6 nitrogen and oxygen atoms in total. The van der Waals surface area contributed by atoms with Gasteiger partial charge in [0.15, 0.2) is 0 Å². The van der Waals surface area contributed by atoms with Crippen LogP contribution in [0.25, 0.3) is 11.3 Å². The molecule has 3 N–H and O–H groups in total. The largest absolute Gasteiger partial charge is 0.480 e. The molecule has 0 bridgehead atoms. The summed E-state index contributed by atoms with van der Waals surface area (Å²) in [4.78, 5) is 23.5. The van der Waals surface area contributed by atoms with Crippen LogP contribution in [0.4, 0.5) is 0 Å². The number of thiophene rings is 1. The minimum atomic E-state index is -1.03. The molecular weight excluding hydrogens is 290 g/mol. The average molecular weight is 307 g/mol. The molecule has 21 heavy (non-hydrogen) atoms. The van der Waals surface area contributed by atoms with Crippen LogP contribution in [0, 0.1) is 5.92 Å². The smallest absolute Gasteiger partial charge is 0.326 e. The minimum Gasteiger partial charge on any atom is -0.480 e. The number of aliphatic carboxylic acids is 1. The summed E-state index contributed by atoms with van der Waals surface area (Å²) >= 11 is 1.51. The van der Waals surface area contributed by atoms with E-state index >= 15 is 0 Å². The van der Waals surface area contributed by atoms with Gasteiger partial charge >= 0.3 is 5.97 Å². The molecule has 0 aromatic carbocycles. The molecule has 0 saturated heterocycles. The zero-order valence-corrected chi connectivity index (χ0v) is 12.6. The first-order valence-electron chi connectivity index (χ1n) is 6.58. The van der Waals surface area contributed by atoms with Crippen LogP contribution < -0.4 is 5.32 Å². The van der Waals surface area contributed by atoms with Crippen LogP contribution in [-0.2, 0) is 4.79 Å². The van der Waals surface area contributed by atoms with Crippen molar-refractivity contribution in [3.63, 3.8) is 0 Å². The standard InChI is InChI=1S/C14H17N3O3S/c1-8(2)5-11(14(19)20)16-13(18)10-6-15-17-12(10)9-3-4-21-7-9/h3-4,6-8,11H,5H2,1-2H3,(H,15,17)(H,16,18)(H,19,20)/t11-/m1/s1. The van der Waals surface area contributed by atoms with Gasteiger partial charge in [-0.1, -0.05) is 13.8 Å². The Morgan fingerprint density at radius 1 is 1.48 bits per heavy atom. The van der Waals surface area contributed by atoms with Crippen LogP contribution >= 0.6 is 11.3 Å². The maximum atomic E-state index is 12.3. The number of nitrogens with one attached hydrogen (secondary N) is 2. The molecule has 7 heteroatoms. The Labute approximate surface area is 126 Å². The third kappa shape index (κ3) is 3.69. The van der Waals surface area contributed by atoms with Gasteiger partial charge in [-0.15, -0.1) is 0 Å². The summed E-state index contributed by atoms with van der Waals surface area (Å²) in [5, 5.41) is 22.2. The van der Waals surface area contributed by atoms with Crippen molar-refractivity contribution in [2.75, 3.05) is 0 Å². The first kappa shape index (κ1) is 15.2. The Hall–Kier alpha value is -2.15. The van der Waals surface area contributed by atoms with E-state index in [9.17, 15) is 14.7 Å². The Morgan fingerprint density at radius 3 is 2.81 bits per heavy atom. The van der Waals surface area contributed by atoms with Crippen molar-refractivity contribution in [3.05, 3.63) is 28.6 Å². The summed E-state index contributed by atoms with van der Waals surface area (Å²) in [6.45, 7) is 3.83. The van der Waals surface area contributed by atoms with Gasteiger partial charge < -0.3 is 10.4 Å². The Balaban J connectivity index is 2.17. The number of hydrogen-bond donors (Lipinski definition) is 3.